The van der Waals surface area contributed by atoms with Gasteiger partial charge in [-0.25, -0.2) is 4.79 Å². The van der Waals surface area contributed by atoms with Gasteiger partial charge < -0.3 is 10.1 Å². The van der Waals surface area contributed by atoms with Gasteiger partial charge in [-0.1, -0.05) is 49.8 Å². The molecule has 1 rings (SSSR count). The standard InChI is InChI=1S/C15H21NO2/c1-3-4-10-14(15(17)18-2)12-16-11-13-8-6-5-7-9-13/h5-10,16H,3-4,11-12H2,1-2H3/b14-10-. The topological polar surface area (TPSA) is 38.3 Å². The number of ether oxygens (including phenoxy) is 1. The van der Waals surface area contributed by atoms with Crippen LogP contribution >= 0.6 is 0 Å². The first-order valence-electron chi connectivity index (χ1n) is 6.30. The van der Waals surface area contributed by atoms with Crippen molar-refractivity contribution in [1.29, 1.82) is 0 Å². The van der Waals surface area contributed by atoms with E-state index in [1.807, 2.05) is 24.3 Å². The van der Waals surface area contributed by atoms with Crippen LogP contribution in [0.4, 0.5) is 0 Å². The zero-order valence-corrected chi connectivity index (χ0v) is 11.1. The van der Waals surface area contributed by atoms with Crippen molar-refractivity contribution in [3.8, 4) is 0 Å². The smallest absolute Gasteiger partial charge is 0.334 e. The minimum Gasteiger partial charge on any atom is -0.466 e. The maximum Gasteiger partial charge on any atom is 0.334 e. The van der Waals surface area contributed by atoms with Gasteiger partial charge in [-0.3, -0.25) is 0 Å². The SMILES string of the molecule is CCC/C=C(/CNCc1ccccc1)C(=O)OC. The Morgan fingerprint density at radius 2 is 2.06 bits per heavy atom. The third kappa shape index (κ3) is 5.15. The molecule has 0 saturated carbocycles. The number of hydrogen-bond acceptors (Lipinski definition) is 3. The van der Waals surface area contributed by atoms with Crippen LogP contribution in [-0.2, 0) is 16.1 Å². The summed E-state index contributed by atoms with van der Waals surface area (Å²) in [6.07, 6.45) is 3.88. The summed E-state index contributed by atoms with van der Waals surface area (Å²) >= 11 is 0. The minimum absolute atomic E-state index is 0.246. The number of esters is 1. The van der Waals surface area contributed by atoms with Crippen molar-refractivity contribution in [3.63, 3.8) is 0 Å². The van der Waals surface area contributed by atoms with E-state index in [0.717, 1.165) is 19.4 Å². The van der Waals surface area contributed by atoms with E-state index >= 15 is 0 Å². The van der Waals surface area contributed by atoms with Crippen molar-refractivity contribution >= 4 is 5.97 Å². The fourth-order valence-corrected chi connectivity index (χ4v) is 1.61. The van der Waals surface area contributed by atoms with Crippen molar-refractivity contribution in [2.24, 2.45) is 0 Å². The maximum absolute atomic E-state index is 11.5. The summed E-state index contributed by atoms with van der Waals surface area (Å²) in [6, 6.07) is 10.1. The summed E-state index contributed by atoms with van der Waals surface area (Å²) in [4.78, 5) is 11.5. The molecule has 0 atom stereocenters. The molecule has 3 heteroatoms. The van der Waals surface area contributed by atoms with Crippen LogP contribution in [0.1, 0.15) is 25.3 Å². The van der Waals surface area contributed by atoms with Crippen LogP contribution in [0.25, 0.3) is 0 Å². The predicted molar refractivity (Wildman–Crippen MR) is 73.2 cm³/mol. The van der Waals surface area contributed by atoms with Crippen molar-refractivity contribution in [2.75, 3.05) is 13.7 Å². The van der Waals surface area contributed by atoms with Crippen molar-refractivity contribution in [2.45, 2.75) is 26.3 Å². The van der Waals surface area contributed by atoms with Crippen molar-refractivity contribution < 1.29 is 9.53 Å². The van der Waals surface area contributed by atoms with Gasteiger partial charge in [-0.05, 0) is 12.0 Å². The van der Waals surface area contributed by atoms with E-state index in [9.17, 15) is 4.79 Å². The Bertz CT molecular complexity index is 385. The lowest BCUT2D eigenvalue weighted by atomic mass is 10.2. The normalized spacial score (nSPS) is 11.3. The Balaban J connectivity index is 2.45. The van der Waals surface area contributed by atoms with Crippen LogP contribution in [0.15, 0.2) is 42.0 Å². The van der Waals surface area contributed by atoms with Gasteiger partial charge in [0.05, 0.1) is 7.11 Å². The molecule has 1 aromatic rings. The Morgan fingerprint density at radius 1 is 1.33 bits per heavy atom. The van der Waals surface area contributed by atoms with Crippen LogP contribution in [0.3, 0.4) is 0 Å². The predicted octanol–water partition coefficient (Wildman–Crippen LogP) is 2.68. The highest BCUT2D eigenvalue weighted by Gasteiger charge is 2.08. The van der Waals surface area contributed by atoms with Crippen LogP contribution in [-0.4, -0.2) is 19.6 Å². The Labute approximate surface area is 109 Å². The number of carbonyl (C=O) groups excluding carboxylic acids is 1. The Hall–Kier alpha value is -1.61. The van der Waals surface area contributed by atoms with E-state index in [1.54, 1.807) is 0 Å². The third-order valence-electron chi connectivity index (χ3n) is 2.61. The molecule has 0 aromatic heterocycles. The highest BCUT2D eigenvalue weighted by molar-refractivity contribution is 5.88. The molecule has 1 aromatic carbocycles. The van der Waals surface area contributed by atoms with Crippen LogP contribution in [0.2, 0.25) is 0 Å². The molecule has 0 saturated heterocycles. The van der Waals surface area contributed by atoms with Crippen LogP contribution < -0.4 is 5.32 Å². The van der Waals surface area contributed by atoms with E-state index in [-0.39, 0.29) is 5.97 Å². The Kier molecular flexibility index (Phi) is 6.81. The molecule has 0 aliphatic rings. The number of methoxy groups -OCH3 is 1. The fourth-order valence-electron chi connectivity index (χ4n) is 1.61. The van der Waals surface area contributed by atoms with Gasteiger partial charge in [0.15, 0.2) is 0 Å². The molecule has 0 aliphatic carbocycles. The molecule has 0 fully saturated rings. The van der Waals surface area contributed by atoms with Gasteiger partial charge in [-0.15, -0.1) is 0 Å². The summed E-state index contributed by atoms with van der Waals surface area (Å²) in [5, 5.41) is 3.26. The number of allylic oxidation sites excluding steroid dienone is 1. The first-order valence-corrected chi connectivity index (χ1v) is 6.30. The van der Waals surface area contributed by atoms with Gasteiger partial charge in [0.1, 0.15) is 0 Å². The van der Waals surface area contributed by atoms with Crippen LogP contribution in [0, 0.1) is 0 Å². The summed E-state index contributed by atoms with van der Waals surface area (Å²) in [7, 11) is 1.42. The number of rotatable bonds is 7. The quantitative estimate of drug-likeness (QED) is 0.594. The summed E-state index contributed by atoms with van der Waals surface area (Å²) in [5.74, 6) is -0.246. The molecule has 3 nitrogen and oxygen atoms in total. The van der Waals surface area contributed by atoms with Gasteiger partial charge in [0.25, 0.3) is 0 Å². The van der Waals surface area contributed by atoms with Crippen molar-refractivity contribution in [1.82, 2.24) is 5.32 Å². The maximum atomic E-state index is 11.5. The lowest BCUT2D eigenvalue weighted by Crippen LogP contribution is -2.21. The van der Waals surface area contributed by atoms with Gasteiger partial charge in [0, 0.05) is 18.7 Å². The molecule has 0 spiro atoms. The van der Waals surface area contributed by atoms with Gasteiger partial charge >= 0.3 is 5.97 Å². The molecular weight excluding hydrogens is 226 g/mol. The number of carbonyl (C=O) groups is 1. The highest BCUT2D eigenvalue weighted by atomic mass is 16.5. The lowest BCUT2D eigenvalue weighted by molar-refractivity contribution is -0.136. The second-order valence-electron chi connectivity index (χ2n) is 4.10. The molecule has 18 heavy (non-hydrogen) atoms. The summed E-state index contributed by atoms with van der Waals surface area (Å²) in [6.45, 7) is 3.38. The van der Waals surface area contributed by atoms with Crippen molar-refractivity contribution in [3.05, 3.63) is 47.5 Å². The largest absolute Gasteiger partial charge is 0.466 e. The number of nitrogens with one attached hydrogen (secondary N) is 1. The summed E-state index contributed by atoms with van der Waals surface area (Å²) in [5.41, 5.74) is 1.91. The first kappa shape index (κ1) is 14.5. The van der Waals surface area contributed by atoms with E-state index in [1.165, 1.54) is 12.7 Å². The molecular formula is C15H21NO2. The number of unbranched alkanes of at least 4 members (excludes halogenated alkanes) is 1. The molecule has 0 unspecified atom stereocenters. The monoisotopic (exact) mass is 247 g/mol. The van der Waals surface area contributed by atoms with Gasteiger partial charge in [0.2, 0.25) is 0 Å². The van der Waals surface area contributed by atoms with E-state index in [2.05, 4.69) is 24.4 Å². The Morgan fingerprint density at radius 3 is 2.67 bits per heavy atom. The number of hydrogen-bond donors (Lipinski definition) is 1. The second kappa shape index (κ2) is 8.48. The zero-order valence-electron chi connectivity index (χ0n) is 11.1. The molecule has 0 heterocycles. The average Bonchev–Trinajstić information content (AvgIpc) is 2.43. The van der Waals surface area contributed by atoms with E-state index in [4.69, 9.17) is 4.74 Å². The summed E-state index contributed by atoms with van der Waals surface area (Å²) < 4.78 is 4.76. The molecule has 0 radical (unpaired) electrons. The average molecular weight is 247 g/mol. The van der Waals surface area contributed by atoms with Gasteiger partial charge in [-0.2, -0.15) is 0 Å². The number of benzene rings is 1. The first-order chi connectivity index (χ1) is 8.77. The van der Waals surface area contributed by atoms with Crippen LogP contribution in [0.5, 0.6) is 0 Å². The fraction of sp³-hybridized carbons (Fsp3) is 0.400. The molecule has 1 N–H and O–H groups in total. The third-order valence-corrected chi connectivity index (χ3v) is 2.61. The van der Waals surface area contributed by atoms with E-state index in [0.29, 0.717) is 12.1 Å². The van der Waals surface area contributed by atoms with E-state index < -0.39 is 0 Å². The molecule has 0 amide bonds. The second-order valence-corrected chi connectivity index (χ2v) is 4.10. The zero-order chi connectivity index (χ0) is 13.2. The molecule has 0 aliphatic heterocycles. The highest BCUT2D eigenvalue weighted by Crippen LogP contribution is 2.02. The lowest BCUT2D eigenvalue weighted by Gasteiger charge is -2.07. The molecule has 0 bridgehead atoms. The minimum atomic E-state index is -0.246. The molecule has 98 valence electrons.